The number of pyridine rings is 2. The van der Waals surface area contributed by atoms with Crippen LogP contribution >= 0.6 is 11.8 Å². The molecule has 0 aliphatic carbocycles. The lowest BCUT2D eigenvalue weighted by atomic mass is 9.98. The van der Waals surface area contributed by atoms with E-state index in [2.05, 4.69) is 16.4 Å². The molecule has 204 valence electrons. The van der Waals surface area contributed by atoms with Crippen LogP contribution in [0.4, 0.5) is 5.69 Å². The lowest BCUT2D eigenvalue weighted by Crippen LogP contribution is -2.23. The van der Waals surface area contributed by atoms with E-state index < -0.39 is 5.25 Å². The molecular weight excluding hydrogens is 532 g/mol. The second-order valence-corrected chi connectivity index (χ2v) is 10.7. The molecule has 5 aromatic rings. The molecule has 0 saturated carbocycles. The van der Waals surface area contributed by atoms with Crippen molar-refractivity contribution in [2.45, 2.75) is 24.1 Å². The van der Waals surface area contributed by atoms with Crippen LogP contribution in [0.2, 0.25) is 0 Å². The van der Waals surface area contributed by atoms with Crippen molar-refractivity contribution in [1.29, 1.82) is 5.26 Å². The standard InChI is InChI=1S/C33H28N4O3S/c1-20-16-30(24-12-8-9-13-28(24)35-20)36-32(38)21(2)41-33-27(19-34)25(18-29(37-33)22-10-6-5-7-11-22)26-17-23(39-3)14-15-31(26)40-4/h5-18,21H,1-4H3,(H,35,36,38). The molecule has 41 heavy (non-hydrogen) atoms. The molecule has 0 fully saturated rings. The van der Waals surface area contributed by atoms with Gasteiger partial charge in [0.25, 0.3) is 0 Å². The molecule has 2 aromatic heterocycles. The topological polar surface area (TPSA) is 97.1 Å². The third-order valence-electron chi connectivity index (χ3n) is 6.62. The van der Waals surface area contributed by atoms with E-state index in [0.717, 1.165) is 22.2 Å². The minimum atomic E-state index is -0.562. The number of ether oxygens (including phenoxy) is 2. The molecular formula is C33H28N4O3S. The van der Waals surface area contributed by atoms with E-state index in [9.17, 15) is 10.1 Å². The van der Waals surface area contributed by atoms with Crippen molar-refractivity contribution in [2.24, 2.45) is 0 Å². The highest BCUT2D eigenvalue weighted by atomic mass is 32.2. The number of hydrogen-bond acceptors (Lipinski definition) is 7. The maximum absolute atomic E-state index is 13.5. The number of anilines is 1. The molecule has 0 saturated heterocycles. The van der Waals surface area contributed by atoms with Gasteiger partial charge in [-0.2, -0.15) is 5.26 Å². The van der Waals surface area contributed by atoms with Crippen molar-refractivity contribution in [2.75, 3.05) is 19.5 Å². The summed E-state index contributed by atoms with van der Waals surface area (Å²) in [5, 5.41) is 14.2. The smallest absolute Gasteiger partial charge is 0.237 e. The summed E-state index contributed by atoms with van der Waals surface area (Å²) in [5.41, 5.74) is 5.56. The summed E-state index contributed by atoms with van der Waals surface area (Å²) in [4.78, 5) is 22.9. The second kappa shape index (κ2) is 12.1. The molecule has 2 heterocycles. The number of aromatic nitrogens is 2. The summed E-state index contributed by atoms with van der Waals surface area (Å²) in [6, 6.07) is 28.9. The number of para-hydroxylation sites is 1. The van der Waals surface area contributed by atoms with Crippen LogP contribution < -0.4 is 14.8 Å². The number of thioether (sulfide) groups is 1. The van der Waals surface area contributed by atoms with Crippen LogP contribution in [-0.4, -0.2) is 35.3 Å². The van der Waals surface area contributed by atoms with Gasteiger partial charge in [0.15, 0.2) is 0 Å². The monoisotopic (exact) mass is 560 g/mol. The average Bonchev–Trinajstić information content (AvgIpc) is 3.00. The fraction of sp³-hybridized carbons (Fsp3) is 0.152. The quantitative estimate of drug-likeness (QED) is 0.199. The molecule has 1 unspecified atom stereocenters. The highest BCUT2D eigenvalue weighted by molar-refractivity contribution is 8.00. The van der Waals surface area contributed by atoms with Gasteiger partial charge in [0.2, 0.25) is 5.91 Å². The molecule has 1 atom stereocenters. The van der Waals surface area contributed by atoms with Crippen molar-refractivity contribution < 1.29 is 14.3 Å². The molecule has 8 heteroatoms. The number of nitriles is 1. The molecule has 0 aliphatic rings. The van der Waals surface area contributed by atoms with E-state index in [0.29, 0.717) is 44.6 Å². The number of carbonyl (C=O) groups is 1. The molecule has 1 amide bonds. The Kier molecular flexibility index (Phi) is 8.18. The number of nitrogens with one attached hydrogen (secondary N) is 1. The Morgan fingerprint density at radius 2 is 1.68 bits per heavy atom. The van der Waals surface area contributed by atoms with Crippen molar-refractivity contribution >= 4 is 34.3 Å². The predicted octanol–water partition coefficient (Wildman–Crippen LogP) is 7.28. The van der Waals surface area contributed by atoms with Crippen LogP contribution in [-0.2, 0) is 4.79 Å². The maximum Gasteiger partial charge on any atom is 0.237 e. The van der Waals surface area contributed by atoms with Crippen molar-refractivity contribution in [1.82, 2.24) is 9.97 Å². The van der Waals surface area contributed by atoms with E-state index in [4.69, 9.17) is 14.5 Å². The Bertz CT molecular complexity index is 1780. The van der Waals surface area contributed by atoms with Gasteiger partial charge in [0.05, 0.1) is 41.9 Å². The molecule has 7 nitrogen and oxygen atoms in total. The van der Waals surface area contributed by atoms with Gasteiger partial charge in [-0.1, -0.05) is 60.3 Å². The highest BCUT2D eigenvalue weighted by Crippen LogP contribution is 2.41. The number of benzene rings is 3. The predicted molar refractivity (Wildman–Crippen MR) is 163 cm³/mol. The van der Waals surface area contributed by atoms with E-state index in [-0.39, 0.29) is 5.91 Å². The van der Waals surface area contributed by atoms with Crippen molar-refractivity contribution in [3.63, 3.8) is 0 Å². The number of carbonyl (C=O) groups excluding carboxylic acids is 1. The summed E-state index contributed by atoms with van der Waals surface area (Å²) in [5.74, 6) is 1.01. The van der Waals surface area contributed by atoms with Crippen LogP contribution in [0, 0.1) is 18.3 Å². The molecule has 1 N–H and O–H groups in total. The molecule has 0 radical (unpaired) electrons. The summed E-state index contributed by atoms with van der Waals surface area (Å²) in [7, 11) is 3.18. The van der Waals surface area contributed by atoms with Crippen molar-refractivity contribution in [3.05, 3.63) is 96.2 Å². The number of hydrogen-bond donors (Lipinski definition) is 1. The van der Waals surface area contributed by atoms with Gasteiger partial charge < -0.3 is 14.8 Å². The first-order valence-electron chi connectivity index (χ1n) is 13.0. The van der Waals surface area contributed by atoms with Gasteiger partial charge in [-0.25, -0.2) is 4.98 Å². The average molecular weight is 561 g/mol. The van der Waals surface area contributed by atoms with Crippen molar-refractivity contribution in [3.8, 4) is 40.0 Å². The normalized spacial score (nSPS) is 11.5. The van der Waals surface area contributed by atoms with Crippen LogP contribution in [0.25, 0.3) is 33.3 Å². The number of amides is 1. The van der Waals surface area contributed by atoms with Crippen LogP contribution in [0.3, 0.4) is 0 Å². The minimum absolute atomic E-state index is 0.206. The molecule has 0 spiro atoms. The molecule has 0 aliphatic heterocycles. The van der Waals surface area contributed by atoms with Gasteiger partial charge in [-0.3, -0.25) is 9.78 Å². The third-order valence-corrected chi connectivity index (χ3v) is 7.71. The Balaban J connectivity index is 1.57. The fourth-order valence-electron chi connectivity index (χ4n) is 4.58. The second-order valence-electron chi connectivity index (χ2n) is 9.36. The zero-order valence-electron chi connectivity index (χ0n) is 23.1. The highest BCUT2D eigenvalue weighted by Gasteiger charge is 2.23. The summed E-state index contributed by atoms with van der Waals surface area (Å²) >= 11 is 1.24. The third kappa shape index (κ3) is 5.86. The number of fused-ring (bicyclic) bond motifs is 1. The summed E-state index contributed by atoms with van der Waals surface area (Å²) in [6.45, 7) is 3.70. The lowest BCUT2D eigenvalue weighted by Gasteiger charge is -2.18. The van der Waals surface area contributed by atoms with Gasteiger partial charge >= 0.3 is 0 Å². The molecule has 3 aromatic carbocycles. The number of aryl methyl sites for hydroxylation is 1. The Morgan fingerprint density at radius 3 is 2.41 bits per heavy atom. The number of rotatable bonds is 8. The lowest BCUT2D eigenvalue weighted by molar-refractivity contribution is -0.115. The first kappa shape index (κ1) is 27.7. The van der Waals surface area contributed by atoms with Gasteiger partial charge in [0.1, 0.15) is 22.6 Å². The Labute approximate surface area is 243 Å². The van der Waals surface area contributed by atoms with Crippen LogP contribution in [0.1, 0.15) is 18.2 Å². The number of methoxy groups -OCH3 is 2. The first-order valence-corrected chi connectivity index (χ1v) is 13.9. The van der Waals surface area contributed by atoms with E-state index in [1.165, 1.54) is 11.8 Å². The molecule has 0 bridgehead atoms. The summed E-state index contributed by atoms with van der Waals surface area (Å²) in [6.07, 6.45) is 0. The van der Waals surface area contributed by atoms with Crippen LogP contribution in [0.15, 0.2) is 90.0 Å². The zero-order chi connectivity index (χ0) is 28.9. The zero-order valence-corrected chi connectivity index (χ0v) is 24.0. The van der Waals surface area contributed by atoms with E-state index in [1.54, 1.807) is 27.2 Å². The van der Waals surface area contributed by atoms with Gasteiger partial charge in [-0.15, -0.1) is 0 Å². The van der Waals surface area contributed by atoms with E-state index in [1.807, 2.05) is 85.8 Å². The van der Waals surface area contributed by atoms with Gasteiger partial charge in [-0.05, 0) is 50.2 Å². The maximum atomic E-state index is 13.5. The number of nitrogens with zero attached hydrogens (tertiary/aromatic N) is 3. The largest absolute Gasteiger partial charge is 0.497 e. The summed E-state index contributed by atoms with van der Waals surface area (Å²) < 4.78 is 11.1. The Morgan fingerprint density at radius 1 is 0.927 bits per heavy atom. The van der Waals surface area contributed by atoms with Gasteiger partial charge in [0, 0.05) is 27.8 Å². The molecule has 5 rings (SSSR count). The Hall–Kier alpha value is -4.87. The SMILES string of the molecule is COc1ccc(OC)c(-c2cc(-c3ccccc3)nc(SC(C)C(=O)Nc3cc(C)nc4ccccc34)c2C#N)c1. The van der Waals surface area contributed by atoms with Crippen LogP contribution in [0.5, 0.6) is 11.5 Å². The van der Waals surface area contributed by atoms with E-state index >= 15 is 0 Å². The fourth-order valence-corrected chi connectivity index (χ4v) is 5.50. The minimum Gasteiger partial charge on any atom is -0.497 e. The first-order chi connectivity index (χ1) is 19.9.